The van der Waals surface area contributed by atoms with E-state index in [2.05, 4.69) is 37.3 Å². The zero-order valence-electron chi connectivity index (χ0n) is 15.1. The van der Waals surface area contributed by atoms with Crippen LogP contribution in [0.4, 0.5) is 0 Å². The second-order valence-electron chi connectivity index (χ2n) is 6.77. The van der Waals surface area contributed by atoms with Gasteiger partial charge in [0.2, 0.25) is 0 Å². The van der Waals surface area contributed by atoms with Crippen molar-refractivity contribution in [3.05, 3.63) is 84.2 Å². The number of hydrogen-bond donors (Lipinski definition) is 0. The van der Waals surface area contributed by atoms with Crippen LogP contribution in [-0.4, -0.2) is 23.6 Å². The van der Waals surface area contributed by atoms with E-state index in [0.29, 0.717) is 0 Å². The summed E-state index contributed by atoms with van der Waals surface area (Å²) in [5.41, 5.74) is 7.66. The van der Waals surface area contributed by atoms with Crippen LogP contribution in [0.1, 0.15) is 11.4 Å². The molecule has 0 fully saturated rings. The number of hydrogen-bond acceptors (Lipinski definition) is 2. The van der Waals surface area contributed by atoms with E-state index in [0.717, 1.165) is 48.3 Å². The second kappa shape index (κ2) is 6.12. The quantitative estimate of drug-likeness (QED) is 0.411. The Morgan fingerprint density at radius 2 is 1.52 bits per heavy atom. The molecule has 0 saturated heterocycles. The standard InChI is InChI=1S/C23H18N2OSe/c1-15-23(16(2)25(24-15)18-8-4-3-5-9-18)17-12-13-22-20(14-17)19-10-6-7-11-21(19)27(22)26/h3-14H,1-2H3. The predicted molar refractivity (Wildman–Crippen MR) is 110 cm³/mol. The van der Waals surface area contributed by atoms with Gasteiger partial charge < -0.3 is 0 Å². The molecule has 5 rings (SSSR count). The minimum atomic E-state index is -2.15. The van der Waals surface area contributed by atoms with Crippen molar-refractivity contribution in [3.8, 4) is 27.9 Å². The van der Waals surface area contributed by atoms with E-state index in [1.165, 1.54) is 0 Å². The van der Waals surface area contributed by atoms with Gasteiger partial charge in [-0.25, -0.2) is 0 Å². The number of aromatic nitrogens is 2. The third-order valence-electron chi connectivity index (χ3n) is 5.14. The van der Waals surface area contributed by atoms with Crippen molar-refractivity contribution in [2.75, 3.05) is 0 Å². The Balaban J connectivity index is 1.69. The van der Waals surface area contributed by atoms with Crippen LogP contribution < -0.4 is 8.92 Å². The summed E-state index contributed by atoms with van der Waals surface area (Å²) in [6.45, 7) is 4.15. The van der Waals surface area contributed by atoms with E-state index in [-0.39, 0.29) is 0 Å². The van der Waals surface area contributed by atoms with Gasteiger partial charge in [-0.15, -0.1) is 0 Å². The van der Waals surface area contributed by atoms with Gasteiger partial charge in [-0.1, -0.05) is 0 Å². The number of fused-ring (bicyclic) bond motifs is 3. The fourth-order valence-electron chi connectivity index (χ4n) is 3.91. The molecule has 0 N–H and O–H groups in total. The molecule has 132 valence electrons. The molecule has 1 unspecified atom stereocenters. The molecule has 2 heterocycles. The van der Waals surface area contributed by atoms with Gasteiger partial charge in [-0.3, -0.25) is 0 Å². The number of rotatable bonds is 2. The average molecular weight is 417 g/mol. The fraction of sp³-hybridized carbons (Fsp3) is 0.0870. The SMILES string of the molecule is Cc1nn(-c2ccccc2)c(C)c1-c1ccc2c(c1)-c1ccccc1[Se]2=O. The summed E-state index contributed by atoms with van der Waals surface area (Å²) in [6, 6.07) is 24.6. The van der Waals surface area contributed by atoms with Crippen molar-refractivity contribution in [3.63, 3.8) is 0 Å². The van der Waals surface area contributed by atoms with Crippen molar-refractivity contribution in [2.24, 2.45) is 0 Å². The minimum absolute atomic E-state index is 0.991. The summed E-state index contributed by atoms with van der Waals surface area (Å²) in [6.07, 6.45) is 0. The van der Waals surface area contributed by atoms with Gasteiger partial charge in [0.1, 0.15) is 0 Å². The van der Waals surface area contributed by atoms with Gasteiger partial charge in [0, 0.05) is 0 Å². The third kappa shape index (κ3) is 2.45. The molecule has 27 heavy (non-hydrogen) atoms. The van der Waals surface area contributed by atoms with Crippen LogP contribution in [0.5, 0.6) is 0 Å². The van der Waals surface area contributed by atoms with Gasteiger partial charge in [-0.05, 0) is 0 Å². The molecule has 0 spiro atoms. The van der Waals surface area contributed by atoms with E-state index < -0.39 is 13.8 Å². The number of nitrogens with zero attached hydrogens (tertiary/aromatic N) is 2. The summed E-state index contributed by atoms with van der Waals surface area (Å²) in [5, 5.41) is 4.77. The Labute approximate surface area is 162 Å². The molecule has 3 aromatic carbocycles. The molecule has 0 radical (unpaired) electrons. The topological polar surface area (TPSA) is 34.9 Å². The normalized spacial score (nSPS) is 14.8. The Bertz CT molecular complexity index is 1210. The molecule has 0 bridgehead atoms. The molecule has 4 heteroatoms. The first-order valence-corrected chi connectivity index (χ1v) is 11.3. The molecule has 1 aromatic heterocycles. The summed E-state index contributed by atoms with van der Waals surface area (Å²) in [5.74, 6) is 0. The maximum atomic E-state index is 12.9. The molecule has 3 nitrogen and oxygen atoms in total. The molecule has 0 saturated carbocycles. The van der Waals surface area contributed by atoms with Crippen molar-refractivity contribution in [1.29, 1.82) is 0 Å². The summed E-state index contributed by atoms with van der Waals surface area (Å²) in [4.78, 5) is 0. The van der Waals surface area contributed by atoms with Crippen LogP contribution in [0.15, 0.2) is 72.8 Å². The maximum absolute atomic E-state index is 12.9. The van der Waals surface area contributed by atoms with Crippen molar-refractivity contribution >= 4 is 22.8 Å². The zero-order chi connectivity index (χ0) is 18.5. The van der Waals surface area contributed by atoms with E-state index >= 15 is 0 Å². The second-order valence-corrected chi connectivity index (χ2v) is 9.74. The predicted octanol–water partition coefficient (Wildman–Crippen LogP) is 3.67. The van der Waals surface area contributed by atoms with Crippen LogP contribution in [0, 0.1) is 13.8 Å². The van der Waals surface area contributed by atoms with Gasteiger partial charge in [0.05, 0.1) is 0 Å². The first-order chi connectivity index (χ1) is 13.1. The molecule has 1 aliphatic rings. The van der Waals surface area contributed by atoms with Crippen molar-refractivity contribution < 1.29 is 3.83 Å². The number of aryl methyl sites for hydroxylation is 1. The monoisotopic (exact) mass is 418 g/mol. The van der Waals surface area contributed by atoms with E-state index in [1.54, 1.807) is 0 Å². The van der Waals surface area contributed by atoms with E-state index in [4.69, 9.17) is 5.10 Å². The first kappa shape index (κ1) is 16.4. The number of benzene rings is 3. The fourth-order valence-corrected chi connectivity index (χ4v) is 6.80. The van der Waals surface area contributed by atoms with Crippen LogP contribution in [0.3, 0.4) is 0 Å². The van der Waals surface area contributed by atoms with E-state index in [1.807, 2.05) is 54.1 Å². The molecule has 4 aromatic rings. The summed E-state index contributed by atoms with van der Waals surface area (Å²) in [7, 11) is 0. The number of para-hydroxylation sites is 1. The van der Waals surface area contributed by atoms with Crippen LogP contribution in [-0.2, 0) is 3.83 Å². The van der Waals surface area contributed by atoms with Crippen LogP contribution in [0.25, 0.3) is 27.9 Å². The molecular formula is C23H18N2OSe. The molecule has 0 aliphatic carbocycles. The molecular weight excluding hydrogens is 399 g/mol. The van der Waals surface area contributed by atoms with Gasteiger partial charge in [0.25, 0.3) is 0 Å². The molecule has 1 atom stereocenters. The van der Waals surface area contributed by atoms with Gasteiger partial charge >= 0.3 is 162 Å². The van der Waals surface area contributed by atoms with Gasteiger partial charge in [0.15, 0.2) is 0 Å². The molecule has 0 amide bonds. The van der Waals surface area contributed by atoms with Crippen LogP contribution >= 0.6 is 0 Å². The Morgan fingerprint density at radius 1 is 0.815 bits per heavy atom. The van der Waals surface area contributed by atoms with Crippen molar-refractivity contribution in [1.82, 2.24) is 9.78 Å². The third-order valence-corrected chi connectivity index (χ3v) is 8.31. The van der Waals surface area contributed by atoms with Gasteiger partial charge in [-0.2, -0.15) is 0 Å². The Kier molecular flexibility index (Phi) is 3.71. The first-order valence-electron chi connectivity index (χ1n) is 8.92. The molecule has 1 aliphatic heterocycles. The zero-order valence-corrected chi connectivity index (χ0v) is 16.9. The average Bonchev–Trinajstić information content (AvgIpc) is 3.16. The summed E-state index contributed by atoms with van der Waals surface area (Å²) >= 11 is -2.15. The van der Waals surface area contributed by atoms with Crippen molar-refractivity contribution in [2.45, 2.75) is 13.8 Å². The Hall–Kier alpha value is -2.81. The summed E-state index contributed by atoms with van der Waals surface area (Å²) < 4.78 is 16.8. The van der Waals surface area contributed by atoms with Crippen LogP contribution in [0.2, 0.25) is 0 Å². The Morgan fingerprint density at radius 3 is 2.33 bits per heavy atom. The van der Waals surface area contributed by atoms with E-state index in [9.17, 15) is 3.83 Å².